The van der Waals surface area contributed by atoms with Crippen LogP contribution in [0.4, 0.5) is 5.69 Å². The number of nitrogens with zero attached hydrogens (tertiary/aromatic N) is 1. The van der Waals surface area contributed by atoms with Crippen molar-refractivity contribution in [3.63, 3.8) is 0 Å². The highest BCUT2D eigenvalue weighted by Gasteiger charge is 2.11. The van der Waals surface area contributed by atoms with Crippen molar-refractivity contribution in [3.05, 3.63) is 29.3 Å². The molecular weight excluding hydrogens is 212 g/mol. The number of amides is 1. The molecule has 0 heterocycles. The molecule has 1 N–H and O–H groups in total. The lowest BCUT2D eigenvalue weighted by molar-refractivity contribution is -0.117. The third-order valence-corrected chi connectivity index (χ3v) is 2.59. The SMILES string of the molecule is C#CCNCC(=O)N(C)c1ccc(C)cc1C. The molecule has 0 aliphatic carbocycles. The number of hydrogen-bond acceptors (Lipinski definition) is 2. The second-order valence-corrected chi connectivity index (χ2v) is 4.05. The number of anilines is 1. The molecule has 90 valence electrons. The Morgan fingerprint density at radius 2 is 2.18 bits per heavy atom. The first-order chi connectivity index (χ1) is 8.06. The van der Waals surface area contributed by atoms with E-state index in [1.54, 1.807) is 11.9 Å². The van der Waals surface area contributed by atoms with Gasteiger partial charge in [-0.2, -0.15) is 0 Å². The number of aryl methyl sites for hydroxylation is 2. The Labute approximate surface area is 103 Å². The number of benzene rings is 1. The summed E-state index contributed by atoms with van der Waals surface area (Å²) in [6, 6.07) is 6.03. The van der Waals surface area contributed by atoms with E-state index in [1.165, 1.54) is 5.56 Å². The smallest absolute Gasteiger partial charge is 0.240 e. The molecule has 17 heavy (non-hydrogen) atoms. The molecule has 0 aromatic heterocycles. The van der Waals surface area contributed by atoms with Gasteiger partial charge in [0, 0.05) is 12.7 Å². The molecule has 0 aliphatic heterocycles. The molecule has 0 bridgehead atoms. The van der Waals surface area contributed by atoms with E-state index in [9.17, 15) is 4.79 Å². The Morgan fingerprint density at radius 3 is 2.76 bits per heavy atom. The van der Waals surface area contributed by atoms with Gasteiger partial charge in [0.2, 0.25) is 5.91 Å². The van der Waals surface area contributed by atoms with E-state index in [1.807, 2.05) is 26.0 Å². The highest BCUT2D eigenvalue weighted by atomic mass is 16.2. The van der Waals surface area contributed by atoms with Crippen molar-refractivity contribution in [2.75, 3.05) is 25.0 Å². The third kappa shape index (κ3) is 3.61. The Balaban J connectivity index is 2.72. The summed E-state index contributed by atoms with van der Waals surface area (Å²) in [7, 11) is 1.78. The first-order valence-electron chi connectivity index (χ1n) is 5.54. The molecule has 0 saturated heterocycles. The summed E-state index contributed by atoms with van der Waals surface area (Å²) in [6.45, 7) is 4.70. The minimum absolute atomic E-state index is 0.00667. The molecule has 0 spiro atoms. The van der Waals surface area contributed by atoms with Gasteiger partial charge < -0.3 is 4.90 Å². The molecule has 3 heteroatoms. The van der Waals surface area contributed by atoms with E-state index in [-0.39, 0.29) is 12.5 Å². The first kappa shape index (κ1) is 13.3. The van der Waals surface area contributed by atoms with Gasteiger partial charge in [-0.05, 0) is 25.5 Å². The fourth-order valence-electron chi connectivity index (χ4n) is 1.68. The molecule has 1 rings (SSSR count). The number of carbonyl (C=O) groups is 1. The van der Waals surface area contributed by atoms with Crippen LogP contribution in [-0.2, 0) is 4.79 Å². The lowest BCUT2D eigenvalue weighted by Gasteiger charge is -2.20. The molecule has 1 aromatic carbocycles. The monoisotopic (exact) mass is 230 g/mol. The van der Waals surface area contributed by atoms with E-state index in [4.69, 9.17) is 6.42 Å². The predicted molar refractivity (Wildman–Crippen MR) is 71.0 cm³/mol. The Kier molecular flexibility index (Phi) is 4.74. The second kappa shape index (κ2) is 6.07. The van der Waals surface area contributed by atoms with Gasteiger partial charge in [0.25, 0.3) is 0 Å². The summed E-state index contributed by atoms with van der Waals surface area (Å²) in [5.41, 5.74) is 3.22. The zero-order valence-corrected chi connectivity index (χ0v) is 10.6. The van der Waals surface area contributed by atoms with Crippen molar-refractivity contribution in [1.82, 2.24) is 5.32 Å². The summed E-state index contributed by atoms with van der Waals surface area (Å²) in [4.78, 5) is 13.5. The van der Waals surface area contributed by atoms with Crippen LogP contribution in [0.1, 0.15) is 11.1 Å². The molecule has 0 saturated carbocycles. The maximum Gasteiger partial charge on any atom is 0.240 e. The van der Waals surface area contributed by atoms with Gasteiger partial charge in [0.05, 0.1) is 13.1 Å². The molecule has 0 atom stereocenters. The van der Waals surface area contributed by atoms with Gasteiger partial charge in [0.15, 0.2) is 0 Å². The summed E-state index contributed by atoms with van der Waals surface area (Å²) < 4.78 is 0. The van der Waals surface area contributed by atoms with Crippen LogP contribution in [0.5, 0.6) is 0 Å². The fraction of sp³-hybridized carbons (Fsp3) is 0.357. The van der Waals surface area contributed by atoms with E-state index < -0.39 is 0 Å². The molecule has 1 amide bonds. The van der Waals surface area contributed by atoms with Crippen molar-refractivity contribution in [2.45, 2.75) is 13.8 Å². The van der Waals surface area contributed by atoms with Crippen LogP contribution in [0, 0.1) is 26.2 Å². The van der Waals surface area contributed by atoms with Gasteiger partial charge in [-0.1, -0.05) is 23.6 Å². The molecule has 1 aromatic rings. The van der Waals surface area contributed by atoms with Crippen LogP contribution in [-0.4, -0.2) is 26.0 Å². The van der Waals surface area contributed by atoms with Crippen molar-refractivity contribution >= 4 is 11.6 Å². The quantitative estimate of drug-likeness (QED) is 0.628. The maximum absolute atomic E-state index is 11.9. The third-order valence-electron chi connectivity index (χ3n) is 2.59. The van der Waals surface area contributed by atoms with Gasteiger partial charge in [-0.3, -0.25) is 10.1 Å². The summed E-state index contributed by atoms with van der Waals surface area (Å²) in [6.07, 6.45) is 5.11. The Bertz CT molecular complexity index is 446. The van der Waals surface area contributed by atoms with Crippen LogP contribution in [0.25, 0.3) is 0 Å². The van der Waals surface area contributed by atoms with E-state index >= 15 is 0 Å². The van der Waals surface area contributed by atoms with Crippen molar-refractivity contribution in [2.24, 2.45) is 0 Å². The standard InChI is InChI=1S/C14H18N2O/c1-5-8-15-10-14(17)16(4)13-7-6-11(2)9-12(13)3/h1,6-7,9,15H,8,10H2,2-4H3. The van der Waals surface area contributed by atoms with E-state index in [0.717, 1.165) is 11.3 Å². The van der Waals surface area contributed by atoms with Crippen molar-refractivity contribution in [3.8, 4) is 12.3 Å². The van der Waals surface area contributed by atoms with Gasteiger partial charge >= 0.3 is 0 Å². The van der Waals surface area contributed by atoms with Crippen LogP contribution < -0.4 is 10.2 Å². The largest absolute Gasteiger partial charge is 0.314 e. The minimum atomic E-state index is 0.00667. The lowest BCUT2D eigenvalue weighted by Crippen LogP contribution is -2.36. The summed E-state index contributed by atoms with van der Waals surface area (Å²) in [5.74, 6) is 2.45. The molecule has 0 fully saturated rings. The number of likely N-dealkylation sites (N-methyl/N-ethyl adjacent to an activating group) is 1. The van der Waals surface area contributed by atoms with Crippen molar-refractivity contribution < 1.29 is 4.79 Å². The normalized spacial score (nSPS) is 9.76. The zero-order valence-electron chi connectivity index (χ0n) is 10.6. The number of carbonyl (C=O) groups excluding carboxylic acids is 1. The Morgan fingerprint density at radius 1 is 1.47 bits per heavy atom. The molecule has 0 radical (unpaired) electrons. The average Bonchev–Trinajstić information content (AvgIpc) is 2.28. The highest BCUT2D eigenvalue weighted by Crippen LogP contribution is 2.19. The molecular formula is C14H18N2O. The second-order valence-electron chi connectivity index (χ2n) is 4.05. The molecule has 3 nitrogen and oxygen atoms in total. The van der Waals surface area contributed by atoms with Crippen LogP contribution in [0.2, 0.25) is 0 Å². The first-order valence-corrected chi connectivity index (χ1v) is 5.54. The van der Waals surface area contributed by atoms with Crippen LogP contribution in [0.3, 0.4) is 0 Å². The van der Waals surface area contributed by atoms with Crippen LogP contribution >= 0.6 is 0 Å². The summed E-state index contributed by atoms with van der Waals surface area (Å²) in [5, 5.41) is 2.89. The number of nitrogens with one attached hydrogen (secondary N) is 1. The fourth-order valence-corrected chi connectivity index (χ4v) is 1.68. The van der Waals surface area contributed by atoms with E-state index in [2.05, 4.69) is 17.3 Å². The van der Waals surface area contributed by atoms with Gasteiger partial charge in [-0.15, -0.1) is 6.42 Å². The topological polar surface area (TPSA) is 32.3 Å². The molecule has 0 unspecified atom stereocenters. The highest BCUT2D eigenvalue weighted by molar-refractivity contribution is 5.95. The lowest BCUT2D eigenvalue weighted by atomic mass is 10.1. The van der Waals surface area contributed by atoms with E-state index in [0.29, 0.717) is 6.54 Å². The van der Waals surface area contributed by atoms with Crippen molar-refractivity contribution in [1.29, 1.82) is 0 Å². The van der Waals surface area contributed by atoms with Gasteiger partial charge in [-0.25, -0.2) is 0 Å². The number of rotatable bonds is 4. The van der Waals surface area contributed by atoms with Gasteiger partial charge in [0.1, 0.15) is 0 Å². The Hall–Kier alpha value is -1.79. The zero-order chi connectivity index (χ0) is 12.8. The maximum atomic E-state index is 11.9. The molecule has 0 aliphatic rings. The van der Waals surface area contributed by atoms with Crippen LogP contribution in [0.15, 0.2) is 18.2 Å². The number of hydrogen-bond donors (Lipinski definition) is 1. The average molecular weight is 230 g/mol. The minimum Gasteiger partial charge on any atom is -0.314 e. The summed E-state index contributed by atoms with van der Waals surface area (Å²) >= 11 is 0. The number of terminal acetylenes is 1. The predicted octanol–water partition coefficient (Wildman–Crippen LogP) is 1.49.